The van der Waals surface area contributed by atoms with Crippen molar-refractivity contribution in [2.45, 2.75) is 31.1 Å². The summed E-state index contributed by atoms with van der Waals surface area (Å²) in [7, 11) is 6.21. The number of aliphatic hydroxyl groups excluding tert-OH is 2. The number of rotatable bonds is 7. The molecular formula is C29H34N4O10. The summed E-state index contributed by atoms with van der Waals surface area (Å²) in [5.41, 5.74) is 0.338. The zero-order chi connectivity index (χ0) is 32.3. The summed E-state index contributed by atoms with van der Waals surface area (Å²) in [6.45, 7) is 5.50. The number of benzene rings is 1. The average Bonchev–Trinajstić information content (AvgIpc) is 2.90. The molecule has 14 heteroatoms. The molecule has 3 aliphatic carbocycles. The number of carbonyl (C=O) groups is 5. The van der Waals surface area contributed by atoms with Crippen molar-refractivity contribution in [3.63, 3.8) is 0 Å². The number of hydrogen-bond donors (Lipinski definition) is 6. The first-order valence-corrected chi connectivity index (χ1v) is 13.3. The molecule has 7 N–H and O–H groups in total. The lowest BCUT2D eigenvalue weighted by Crippen LogP contribution is -2.68. The zero-order valence-electron chi connectivity index (χ0n) is 24.3. The van der Waals surface area contributed by atoms with E-state index in [0.717, 1.165) is 0 Å². The maximum Gasteiger partial charge on any atom is 0.305 e. The monoisotopic (exact) mass is 598 g/mol. The third kappa shape index (κ3) is 4.67. The predicted octanol–water partition coefficient (Wildman–Crippen LogP) is 0.0231. The first-order valence-electron chi connectivity index (χ1n) is 13.3. The number of ether oxygens (including phenoxy) is 1. The van der Waals surface area contributed by atoms with Crippen LogP contribution < -0.4 is 11.1 Å². The Hall–Kier alpha value is -4.53. The minimum absolute atomic E-state index is 0.0399. The number of primary amides is 1. The van der Waals surface area contributed by atoms with Gasteiger partial charge in [0.05, 0.1) is 41.2 Å². The maximum atomic E-state index is 14.1. The number of aromatic hydroxyl groups is 1. The Morgan fingerprint density at radius 3 is 2.28 bits per heavy atom. The molecule has 5 atom stereocenters. The van der Waals surface area contributed by atoms with E-state index in [9.17, 15) is 44.4 Å². The summed E-state index contributed by atoms with van der Waals surface area (Å²) in [5, 5.41) is 48.3. The summed E-state index contributed by atoms with van der Waals surface area (Å²) < 4.78 is 5.73. The first-order chi connectivity index (χ1) is 20.0. The van der Waals surface area contributed by atoms with Crippen molar-refractivity contribution >= 4 is 40.6 Å². The Kier molecular flexibility index (Phi) is 8.00. The van der Waals surface area contributed by atoms with Gasteiger partial charge in [0.2, 0.25) is 11.7 Å². The highest BCUT2D eigenvalue weighted by atomic mass is 16.5. The van der Waals surface area contributed by atoms with E-state index in [1.807, 2.05) is 0 Å². The van der Waals surface area contributed by atoms with E-state index in [1.165, 1.54) is 38.1 Å². The number of ketones is 2. The van der Waals surface area contributed by atoms with Crippen molar-refractivity contribution in [2.24, 2.45) is 17.6 Å². The van der Waals surface area contributed by atoms with Gasteiger partial charge < -0.3 is 41.1 Å². The first kappa shape index (κ1) is 31.4. The highest BCUT2D eigenvalue weighted by Gasteiger charge is 2.68. The number of nitrogens with two attached hydrogens (primary N) is 1. The molecule has 230 valence electrons. The highest BCUT2D eigenvalue weighted by molar-refractivity contribution is 6.25. The molecule has 1 aromatic carbocycles. The molecule has 0 aliphatic heterocycles. The van der Waals surface area contributed by atoms with Gasteiger partial charge in [-0.3, -0.25) is 28.9 Å². The van der Waals surface area contributed by atoms with Gasteiger partial charge in [0, 0.05) is 6.42 Å². The number of aliphatic hydroxyl groups is 3. The fourth-order valence-corrected chi connectivity index (χ4v) is 6.18. The molecule has 2 amide bonds. The summed E-state index contributed by atoms with van der Waals surface area (Å²) in [6, 6.07) is 1.35. The molecule has 0 bridgehead atoms. The fourth-order valence-electron chi connectivity index (χ4n) is 6.18. The van der Waals surface area contributed by atoms with Crippen LogP contribution in [0.1, 0.15) is 29.3 Å². The lowest BCUT2D eigenvalue weighted by atomic mass is 9.56. The number of hydrogen-bond acceptors (Lipinski definition) is 12. The number of fused-ring (bicyclic) bond motifs is 3. The van der Waals surface area contributed by atoms with Crippen LogP contribution in [-0.4, -0.2) is 112 Å². The number of Topliss-reactive ketones (excluding diaryl/α,β-unsaturated/α-hetero) is 2. The molecule has 43 heavy (non-hydrogen) atoms. The Balaban J connectivity index is 2.02. The van der Waals surface area contributed by atoms with E-state index >= 15 is 0 Å². The molecule has 0 fully saturated rings. The number of anilines is 1. The Morgan fingerprint density at radius 1 is 1.12 bits per heavy atom. The Morgan fingerprint density at radius 2 is 1.74 bits per heavy atom. The number of nitrogens with zero attached hydrogens (tertiary/aromatic N) is 2. The van der Waals surface area contributed by atoms with Crippen molar-refractivity contribution < 1.29 is 49.1 Å². The number of nitrogens with one attached hydrogen (secondary N) is 1. The largest absolute Gasteiger partial charge is 0.510 e. The quantitative estimate of drug-likeness (QED) is 0.139. The molecule has 0 saturated heterocycles. The van der Waals surface area contributed by atoms with Crippen LogP contribution in [-0.2, 0) is 23.9 Å². The molecule has 0 aromatic heterocycles. The molecule has 0 unspecified atom stereocenters. The van der Waals surface area contributed by atoms with Crippen molar-refractivity contribution in [3.8, 4) is 5.75 Å². The number of carbonyl (C=O) groups excluding carboxylic acids is 5. The second kappa shape index (κ2) is 10.9. The Labute approximate surface area is 246 Å². The third-order valence-corrected chi connectivity index (χ3v) is 8.01. The topological polar surface area (TPSA) is 220 Å². The van der Waals surface area contributed by atoms with Crippen LogP contribution in [0, 0.1) is 11.8 Å². The summed E-state index contributed by atoms with van der Waals surface area (Å²) in [5.74, 6) is -10.9. The van der Waals surface area contributed by atoms with Gasteiger partial charge in [-0.25, -0.2) is 0 Å². The number of phenols is 1. The van der Waals surface area contributed by atoms with Crippen LogP contribution in [0.2, 0.25) is 0 Å². The number of likely N-dealkylation sites (N-methyl/N-ethyl adjacent to an activating group) is 2. The van der Waals surface area contributed by atoms with Crippen LogP contribution in [0.5, 0.6) is 5.75 Å². The van der Waals surface area contributed by atoms with Crippen molar-refractivity contribution in [3.05, 3.63) is 52.5 Å². The Bertz CT molecular complexity index is 1540. The third-order valence-electron chi connectivity index (χ3n) is 8.01. The smallest absolute Gasteiger partial charge is 0.305 e. The molecular weight excluding hydrogens is 564 g/mol. The van der Waals surface area contributed by atoms with Crippen molar-refractivity contribution in [1.29, 1.82) is 0 Å². The van der Waals surface area contributed by atoms with Crippen molar-refractivity contribution in [2.75, 3.05) is 40.1 Å². The van der Waals surface area contributed by atoms with Crippen LogP contribution in [0.3, 0.4) is 0 Å². The predicted molar refractivity (Wildman–Crippen MR) is 152 cm³/mol. The van der Waals surface area contributed by atoms with Gasteiger partial charge in [0.1, 0.15) is 23.2 Å². The molecule has 14 nitrogen and oxygen atoms in total. The number of phenolic OH excluding ortho intramolecular Hbond substituents is 1. The van der Waals surface area contributed by atoms with Gasteiger partial charge in [-0.05, 0) is 45.4 Å². The van der Waals surface area contributed by atoms with Crippen LogP contribution >= 0.6 is 0 Å². The normalized spacial score (nSPS) is 26.7. The maximum absolute atomic E-state index is 14.1. The molecule has 4 rings (SSSR count). The fraction of sp³-hybridized carbons (Fsp3) is 0.414. The van der Waals surface area contributed by atoms with Crippen LogP contribution in [0.15, 0.2) is 41.4 Å². The second-order valence-corrected chi connectivity index (χ2v) is 11.2. The second-order valence-electron chi connectivity index (χ2n) is 11.2. The lowest BCUT2D eigenvalue weighted by molar-refractivity contribution is -0.177. The zero-order valence-corrected chi connectivity index (χ0v) is 24.3. The van der Waals surface area contributed by atoms with Gasteiger partial charge in [-0.2, -0.15) is 0 Å². The van der Waals surface area contributed by atoms with Crippen molar-refractivity contribution in [1.82, 2.24) is 9.80 Å². The van der Waals surface area contributed by atoms with E-state index in [0.29, 0.717) is 0 Å². The molecule has 3 aliphatic rings. The summed E-state index contributed by atoms with van der Waals surface area (Å²) in [6.07, 6.45) is -1.73. The van der Waals surface area contributed by atoms with Crippen LogP contribution in [0.4, 0.5) is 5.69 Å². The standard InChI is InChI=1S/C29H34N4O10/c1-7-15(35)43-25-16-11(2)12-8-9-13(31-14(34)10-32(3)4)22(36)17(12)23(37)18(16)26(39)29(42)20(25)21(33(5)6)24(38)19(27(29)40)28(30)41/h8-9,16,20-21,25,36,38-39,42H,2,7,10H2,1,3-6H3,(H2,30,41)(H,31,34)/t16-,20+,21+,25+,29+/m1/s1. The van der Waals surface area contributed by atoms with E-state index in [2.05, 4.69) is 11.9 Å². The molecule has 0 heterocycles. The molecule has 1 aromatic rings. The summed E-state index contributed by atoms with van der Waals surface area (Å²) in [4.78, 5) is 68.1. The number of amides is 2. The summed E-state index contributed by atoms with van der Waals surface area (Å²) >= 11 is 0. The van der Waals surface area contributed by atoms with E-state index in [1.54, 1.807) is 19.0 Å². The minimum atomic E-state index is -3.07. The average molecular weight is 599 g/mol. The van der Waals surface area contributed by atoms with Gasteiger partial charge in [-0.15, -0.1) is 0 Å². The van der Waals surface area contributed by atoms with Gasteiger partial charge in [-0.1, -0.05) is 19.6 Å². The van der Waals surface area contributed by atoms with E-state index in [-0.39, 0.29) is 29.8 Å². The van der Waals surface area contributed by atoms with Gasteiger partial charge in [0.15, 0.2) is 17.1 Å². The minimum Gasteiger partial charge on any atom is -0.510 e. The highest BCUT2D eigenvalue weighted by Crippen LogP contribution is 2.56. The van der Waals surface area contributed by atoms with Gasteiger partial charge in [0.25, 0.3) is 5.91 Å². The molecule has 0 spiro atoms. The molecule has 0 radical (unpaired) electrons. The van der Waals surface area contributed by atoms with E-state index < -0.39 is 92.9 Å². The SMILES string of the molecule is C=C1c2ccc(NC(=O)CN(C)C)c(O)c2C(=O)C2=C(O)[C@]3(O)C(=O)C(C(N)=O)=C(O)[C@@H](N(C)C)[C@H]3[C@@H](OC(=O)CC)[C@H]12. The van der Waals surface area contributed by atoms with E-state index in [4.69, 9.17) is 10.5 Å². The number of esters is 1. The van der Waals surface area contributed by atoms with Gasteiger partial charge >= 0.3 is 5.97 Å². The molecule has 0 saturated carbocycles. The lowest BCUT2D eigenvalue weighted by Gasteiger charge is -2.53. The van der Waals surface area contributed by atoms with Crippen LogP contribution in [0.25, 0.3) is 5.57 Å².